The van der Waals surface area contributed by atoms with Gasteiger partial charge in [0.15, 0.2) is 8.07 Å². The Morgan fingerprint density at radius 2 is 0.702 bits per heavy atom. The van der Waals surface area contributed by atoms with Gasteiger partial charge < -0.3 is 9.13 Å². The van der Waals surface area contributed by atoms with Crippen molar-refractivity contribution in [2.24, 2.45) is 0 Å². The van der Waals surface area contributed by atoms with E-state index in [2.05, 4.69) is 215 Å². The van der Waals surface area contributed by atoms with Crippen LogP contribution in [0.25, 0.3) is 88.4 Å². The van der Waals surface area contributed by atoms with Gasteiger partial charge >= 0.3 is 0 Å². The average Bonchev–Trinajstić information content (AvgIpc) is 3.98. The molecule has 11 aromatic rings. The molecule has 0 amide bonds. The molecular weight excluding hydrogens is 705 g/mol. The molecule has 57 heavy (non-hydrogen) atoms. The Labute approximate surface area is 331 Å². The maximum absolute atomic E-state index is 2.54. The van der Waals surface area contributed by atoms with E-state index in [1.165, 1.54) is 103 Å². The smallest absolute Gasteiger partial charge is 0.182 e. The van der Waals surface area contributed by atoms with Crippen molar-refractivity contribution in [2.75, 3.05) is 0 Å². The van der Waals surface area contributed by atoms with Crippen molar-refractivity contribution in [3.63, 3.8) is 0 Å². The largest absolute Gasteiger partial charge is 0.309 e. The fourth-order valence-corrected chi connectivity index (χ4v) is 16.3. The minimum Gasteiger partial charge on any atom is -0.309 e. The molecule has 0 radical (unpaired) electrons. The molecule has 0 saturated heterocycles. The molecule has 9 aromatic carbocycles. The van der Waals surface area contributed by atoms with E-state index in [0.717, 1.165) is 5.69 Å². The van der Waals surface area contributed by atoms with Gasteiger partial charge in [-0.2, -0.15) is 0 Å². The molecule has 2 aliphatic heterocycles. The van der Waals surface area contributed by atoms with Crippen molar-refractivity contribution in [2.45, 2.75) is 0 Å². The number of benzene rings is 9. The summed E-state index contributed by atoms with van der Waals surface area (Å²) in [6.45, 7) is 0. The fourth-order valence-electron chi connectivity index (χ4n) is 10.6. The third-order valence-corrected chi connectivity index (χ3v) is 17.9. The molecule has 2 nitrogen and oxygen atoms in total. The SMILES string of the molecule is c1ccc(-n2c3ccccc3c3cc4c5ccccc5n(-c5ccc(-c6ccc7c(c6)[Si]6(c8ccccc8-c8ccccc86)c6ccccc6-7)cc5)c4cc32)cc1. The van der Waals surface area contributed by atoms with Gasteiger partial charge in [-0.05, 0) is 103 Å². The van der Waals surface area contributed by atoms with Gasteiger partial charge in [-0.1, -0.05) is 158 Å². The van der Waals surface area contributed by atoms with Crippen LogP contribution in [0.5, 0.6) is 0 Å². The summed E-state index contributed by atoms with van der Waals surface area (Å²) in [5.41, 5.74) is 15.2. The van der Waals surface area contributed by atoms with E-state index in [-0.39, 0.29) is 0 Å². The van der Waals surface area contributed by atoms with Gasteiger partial charge in [-0.15, -0.1) is 0 Å². The van der Waals surface area contributed by atoms with E-state index in [1.54, 1.807) is 0 Å². The lowest BCUT2D eigenvalue weighted by Gasteiger charge is -2.28. The van der Waals surface area contributed by atoms with Crippen LogP contribution in [-0.2, 0) is 0 Å². The molecule has 13 rings (SSSR count). The second-order valence-electron chi connectivity index (χ2n) is 15.6. The van der Waals surface area contributed by atoms with Crippen LogP contribution in [0.1, 0.15) is 0 Å². The number of rotatable bonds is 3. The van der Waals surface area contributed by atoms with Gasteiger partial charge in [-0.25, -0.2) is 0 Å². The van der Waals surface area contributed by atoms with Crippen LogP contribution in [0.4, 0.5) is 0 Å². The first kappa shape index (κ1) is 31.0. The van der Waals surface area contributed by atoms with Crippen LogP contribution in [0.3, 0.4) is 0 Å². The van der Waals surface area contributed by atoms with Crippen molar-refractivity contribution in [3.8, 4) is 44.8 Å². The summed E-state index contributed by atoms with van der Waals surface area (Å²) in [7, 11) is -2.50. The highest BCUT2D eigenvalue weighted by atomic mass is 28.3. The van der Waals surface area contributed by atoms with Gasteiger partial charge in [0.25, 0.3) is 0 Å². The zero-order valence-corrected chi connectivity index (χ0v) is 32.0. The van der Waals surface area contributed by atoms with E-state index in [0.29, 0.717) is 0 Å². The maximum atomic E-state index is 2.54. The molecule has 0 saturated carbocycles. The minimum absolute atomic E-state index is 1.16. The van der Waals surface area contributed by atoms with Gasteiger partial charge in [0.2, 0.25) is 0 Å². The first-order valence-electron chi connectivity index (χ1n) is 19.9. The van der Waals surface area contributed by atoms with Crippen molar-refractivity contribution in [1.82, 2.24) is 9.13 Å². The van der Waals surface area contributed by atoms with E-state index < -0.39 is 8.07 Å². The quantitative estimate of drug-likeness (QED) is 0.160. The molecular formula is C54H34N2Si. The normalized spacial score (nSPS) is 13.4. The number of nitrogens with zero attached hydrogens (tertiary/aromatic N) is 2. The molecule has 0 fully saturated rings. The van der Waals surface area contributed by atoms with E-state index in [4.69, 9.17) is 0 Å². The fraction of sp³-hybridized carbons (Fsp3) is 0. The number of fused-ring (bicyclic) bond motifs is 16. The molecule has 2 aliphatic rings. The van der Waals surface area contributed by atoms with Crippen LogP contribution in [0.15, 0.2) is 206 Å². The second-order valence-corrected chi connectivity index (χ2v) is 19.3. The molecule has 2 aromatic heterocycles. The highest BCUT2D eigenvalue weighted by Gasteiger charge is 2.53. The Kier molecular flexibility index (Phi) is 6.22. The Balaban J connectivity index is 0.997. The van der Waals surface area contributed by atoms with Crippen molar-refractivity contribution in [3.05, 3.63) is 206 Å². The lowest BCUT2D eigenvalue weighted by atomic mass is 10.0. The minimum atomic E-state index is -2.50. The molecule has 4 heterocycles. The first-order chi connectivity index (χ1) is 28.3. The standard InChI is InChI=1S/C54H34N2Si/c1-2-14-37(15-3-1)55-47-21-9-4-16-39(47)45-33-46-40-17-5-10-22-48(40)56(50(46)34-49(45)55)38-29-26-35(27-30-38)36-28-31-44-43-20-8-13-25-53(43)57(54(44)32-36)51-23-11-6-18-41(51)42-19-7-12-24-52(42)57/h1-34H. The third kappa shape index (κ3) is 4.03. The summed E-state index contributed by atoms with van der Waals surface area (Å²) in [5, 5.41) is 11.1. The first-order valence-corrected chi connectivity index (χ1v) is 21.9. The molecule has 0 unspecified atom stereocenters. The summed E-state index contributed by atoms with van der Waals surface area (Å²) >= 11 is 0. The van der Waals surface area contributed by atoms with Gasteiger partial charge in [0.05, 0.1) is 22.1 Å². The Bertz CT molecular complexity index is 3400. The molecule has 0 N–H and O–H groups in total. The zero-order valence-electron chi connectivity index (χ0n) is 31.0. The van der Waals surface area contributed by atoms with Crippen LogP contribution in [0.2, 0.25) is 0 Å². The van der Waals surface area contributed by atoms with Crippen molar-refractivity contribution < 1.29 is 0 Å². The van der Waals surface area contributed by atoms with E-state index in [1.807, 2.05) is 0 Å². The summed E-state index contributed by atoms with van der Waals surface area (Å²) in [6.07, 6.45) is 0. The topological polar surface area (TPSA) is 9.86 Å². The second kappa shape index (κ2) is 11.4. The molecule has 0 bridgehead atoms. The van der Waals surface area contributed by atoms with E-state index >= 15 is 0 Å². The summed E-state index contributed by atoms with van der Waals surface area (Å²) < 4.78 is 4.87. The molecule has 0 atom stereocenters. The highest BCUT2D eigenvalue weighted by Crippen LogP contribution is 2.41. The van der Waals surface area contributed by atoms with Gasteiger partial charge in [0, 0.05) is 32.9 Å². The predicted molar refractivity (Wildman–Crippen MR) is 242 cm³/mol. The lowest BCUT2D eigenvalue weighted by molar-refractivity contribution is 1.16. The maximum Gasteiger partial charge on any atom is 0.182 e. The van der Waals surface area contributed by atoms with Gasteiger partial charge in [0.1, 0.15) is 0 Å². The van der Waals surface area contributed by atoms with Crippen LogP contribution < -0.4 is 20.7 Å². The number of aromatic nitrogens is 2. The van der Waals surface area contributed by atoms with E-state index in [9.17, 15) is 0 Å². The predicted octanol–water partition coefficient (Wildman–Crippen LogP) is 10.9. The Morgan fingerprint density at radius 1 is 0.263 bits per heavy atom. The number of hydrogen-bond donors (Lipinski definition) is 0. The lowest BCUT2D eigenvalue weighted by Crippen LogP contribution is -2.70. The summed E-state index contributed by atoms with van der Waals surface area (Å²) in [4.78, 5) is 0. The van der Waals surface area contributed by atoms with Crippen molar-refractivity contribution in [1.29, 1.82) is 0 Å². The molecule has 0 aliphatic carbocycles. The number of para-hydroxylation sites is 3. The Morgan fingerprint density at radius 3 is 1.26 bits per heavy atom. The summed E-state index contributed by atoms with van der Waals surface area (Å²) in [6, 6.07) is 77.3. The van der Waals surface area contributed by atoms with Crippen LogP contribution in [0, 0.1) is 0 Å². The number of hydrogen-bond acceptors (Lipinski definition) is 0. The Hall–Kier alpha value is -7.20. The zero-order chi connectivity index (χ0) is 37.2. The van der Waals surface area contributed by atoms with Crippen LogP contribution >= 0.6 is 0 Å². The highest BCUT2D eigenvalue weighted by molar-refractivity contribution is 7.24. The molecule has 3 heteroatoms. The summed E-state index contributed by atoms with van der Waals surface area (Å²) in [5.74, 6) is 0. The molecule has 1 spiro atoms. The van der Waals surface area contributed by atoms with Gasteiger partial charge in [-0.3, -0.25) is 0 Å². The third-order valence-electron chi connectivity index (χ3n) is 12.9. The molecule has 264 valence electrons. The monoisotopic (exact) mass is 738 g/mol. The van der Waals surface area contributed by atoms with Crippen molar-refractivity contribution >= 4 is 72.4 Å². The average molecular weight is 739 g/mol. The van der Waals surface area contributed by atoms with Crippen LogP contribution in [-0.4, -0.2) is 17.2 Å².